The molecule has 0 amide bonds. The Balaban J connectivity index is 5.16. The summed E-state index contributed by atoms with van der Waals surface area (Å²) in [6.45, 7) is 11.7. The van der Waals surface area contributed by atoms with Crippen LogP contribution in [0.25, 0.3) is 0 Å². The van der Waals surface area contributed by atoms with Crippen LogP contribution in [0.3, 0.4) is 0 Å². The van der Waals surface area contributed by atoms with E-state index in [0.29, 0.717) is 76.5 Å². The Kier molecular flexibility index (Phi) is 65.0. The molecule has 11 heteroatoms. The van der Waals surface area contributed by atoms with E-state index in [2.05, 4.69) is 37.5 Å². The number of carbonyl (C=O) groups excluding carboxylic acids is 2. The third-order valence-electron chi connectivity index (χ3n) is 17.2. The number of hydrogen-bond acceptors (Lipinski definition) is 11. The van der Waals surface area contributed by atoms with Gasteiger partial charge >= 0.3 is 0 Å². The number of thioether (sulfide) groups is 2. The van der Waals surface area contributed by atoms with Gasteiger partial charge in [0, 0.05) is 50.8 Å². The van der Waals surface area contributed by atoms with E-state index in [-0.39, 0.29) is 0 Å². The van der Waals surface area contributed by atoms with Gasteiger partial charge in [0.2, 0.25) is 10.2 Å². The highest BCUT2D eigenvalue weighted by atomic mass is 32.2. The second-order valence-corrected chi connectivity index (χ2v) is 27.8. The lowest BCUT2D eigenvalue weighted by Gasteiger charge is -2.27. The Morgan fingerprint density at radius 3 is 0.598 bits per heavy atom. The summed E-state index contributed by atoms with van der Waals surface area (Å²) in [7, 11) is 0. The van der Waals surface area contributed by atoms with Gasteiger partial charge in [-0.2, -0.15) is 0 Å². The number of aliphatic hydroxyl groups excluding tert-OH is 5. The zero-order valence-corrected chi connectivity index (χ0v) is 56.7. The monoisotopic (exact) mass is 1200 g/mol. The zero-order chi connectivity index (χ0) is 60.0. The van der Waals surface area contributed by atoms with Gasteiger partial charge in [0.1, 0.15) is 0 Å². The van der Waals surface area contributed by atoms with E-state index in [4.69, 9.17) is 0 Å². The van der Waals surface area contributed by atoms with E-state index in [9.17, 15) is 35.1 Å². The molecule has 0 bridgehead atoms. The molecule has 490 valence electrons. The summed E-state index contributed by atoms with van der Waals surface area (Å²) >= 11 is 1.92. The normalized spacial score (nSPS) is 13.8. The molecule has 4 atom stereocenters. The predicted molar refractivity (Wildman–Crippen MR) is 361 cm³/mol. The van der Waals surface area contributed by atoms with Gasteiger partial charge in [-0.3, -0.25) is 19.4 Å². The molecule has 0 radical (unpaired) electrons. The van der Waals surface area contributed by atoms with E-state index in [1.807, 2.05) is 0 Å². The van der Waals surface area contributed by atoms with Crippen LogP contribution in [-0.4, -0.2) is 127 Å². The lowest BCUT2D eigenvalue weighted by molar-refractivity contribution is -0.128. The van der Waals surface area contributed by atoms with E-state index in [1.54, 1.807) is 0 Å². The number of aliphatic hydroxyl groups is 5. The van der Waals surface area contributed by atoms with Crippen molar-refractivity contribution in [1.29, 1.82) is 0 Å². The molecule has 82 heavy (non-hydrogen) atoms. The van der Waals surface area contributed by atoms with E-state index in [0.717, 1.165) is 74.9 Å². The average Bonchev–Trinajstić information content (AvgIpc) is 3.47. The smallest absolute Gasteiger partial charge is 0.226 e. The first-order valence-corrected chi connectivity index (χ1v) is 38.2. The Hall–Kier alpha value is -0.240. The van der Waals surface area contributed by atoms with Crippen LogP contribution in [-0.2, 0) is 9.59 Å². The maximum absolute atomic E-state index is 13.3. The quantitative estimate of drug-likeness (QED) is 0.0294. The van der Waals surface area contributed by atoms with Crippen LogP contribution in [0.2, 0.25) is 0 Å². The zero-order valence-electron chi connectivity index (χ0n) is 55.1. The molecular weight excluding hydrogens is 1060 g/mol. The second kappa shape index (κ2) is 65.2. The first-order chi connectivity index (χ1) is 40.1. The van der Waals surface area contributed by atoms with Crippen molar-refractivity contribution >= 4 is 33.8 Å². The molecule has 0 aliphatic heterocycles. The number of rotatable bonds is 68. The van der Waals surface area contributed by atoms with Gasteiger partial charge in [0.25, 0.3) is 0 Å². The van der Waals surface area contributed by atoms with Crippen molar-refractivity contribution in [3.63, 3.8) is 0 Å². The molecule has 0 heterocycles. The maximum atomic E-state index is 13.3. The molecule has 0 rings (SSSR count). The Morgan fingerprint density at radius 2 is 0.427 bits per heavy atom. The maximum Gasteiger partial charge on any atom is 0.226 e. The number of hydrogen-bond donors (Lipinski definition) is 5. The van der Waals surface area contributed by atoms with Crippen molar-refractivity contribution in [1.82, 2.24) is 9.80 Å². The van der Waals surface area contributed by atoms with Gasteiger partial charge in [-0.1, -0.05) is 359 Å². The molecule has 0 aromatic heterocycles. The molecule has 5 N–H and O–H groups in total. The van der Waals surface area contributed by atoms with Crippen molar-refractivity contribution < 1.29 is 35.1 Å². The first-order valence-electron chi connectivity index (χ1n) is 36.3. The van der Waals surface area contributed by atoms with Gasteiger partial charge < -0.3 is 25.5 Å². The minimum absolute atomic E-state index is 0.354. The van der Waals surface area contributed by atoms with Gasteiger partial charge in [0.15, 0.2) is 6.10 Å². The van der Waals surface area contributed by atoms with Gasteiger partial charge in [0.05, 0.1) is 24.4 Å². The molecule has 0 aliphatic carbocycles. The molecule has 0 saturated carbocycles. The molecule has 0 saturated heterocycles. The predicted octanol–water partition coefficient (Wildman–Crippen LogP) is 19.3. The molecule has 0 aliphatic rings. The van der Waals surface area contributed by atoms with Gasteiger partial charge in [-0.15, -0.1) is 0 Å². The summed E-state index contributed by atoms with van der Waals surface area (Å²) in [5.41, 5.74) is 0. The summed E-state index contributed by atoms with van der Waals surface area (Å²) in [5.74, 6) is 0.707. The third-order valence-corrected chi connectivity index (χ3v) is 19.0. The summed E-state index contributed by atoms with van der Waals surface area (Å²) in [6, 6.07) is 0. The highest BCUT2D eigenvalue weighted by Gasteiger charge is 2.26. The van der Waals surface area contributed by atoms with Crippen LogP contribution >= 0.6 is 23.5 Å². The van der Waals surface area contributed by atoms with Gasteiger partial charge in [-0.05, 0) is 25.7 Å². The Bertz CT molecular complexity index is 1140. The van der Waals surface area contributed by atoms with Crippen molar-refractivity contribution in [3.8, 4) is 0 Å². The van der Waals surface area contributed by atoms with Crippen molar-refractivity contribution in [2.75, 3.05) is 50.8 Å². The van der Waals surface area contributed by atoms with Crippen LogP contribution in [0, 0.1) is 0 Å². The number of nitrogens with zero attached hydrogens (tertiary/aromatic N) is 2. The third kappa shape index (κ3) is 58.8. The van der Waals surface area contributed by atoms with Crippen molar-refractivity contribution in [2.24, 2.45) is 0 Å². The molecular formula is C71H142N2O7S2. The van der Waals surface area contributed by atoms with Crippen LogP contribution in [0.4, 0.5) is 0 Å². The summed E-state index contributed by atoms with van der Waals surface area (Å²) in [5, 5.41) is 54.5. The fraction of sp³-hybridized carbons (Fsp3) is 0.972. The molecule has 0 spiro atoms. The largest absolute Gasteiger partial charge is 0.392 e. The lowest BCUT2D eigenvalue weighted by Crippen LogP contribution is -2.40. The highest BCUT2D eigenvalue weighted by Crippen LogP contribution is 2.21. The first kappa shape index (κ1) is 81.8. The Labute approximate surface area is 518 Å². The van der Waals surface area contributed by atoms with E-state index in [1.165, 1.54) is 257 Å². The van der Waals surface area contributed by atoms with Gasteiger partial charge in [-0.25, -0.2) is 0 Å². The summed E-state index contributed by atoms with van der Waals surface area (Å²) in [4.78, 5) is 30.7. The minimum atomic E-state index is -1.74. The van der Waals surface area contributed by atoms with Crippen molar-refractivity contribution in [2.45, 2.75) is 392 Å². The SMILES string of the molecule is CCCCCCCCCCCCCCC(O)CN(CCSC(=O)C(O)C(=O)SCCN(CC(O)CCCCCCCCCCCCCC)CC(O)CCCCCCCCCCCCCC)CC(O)CCCCCCCCCCCCCC. The minimum Gasteiger partial charge on any atom is -0.392 e. The van der Waals surface area contributed by atoms with Crippen LogP contribution in [0.5, 0.6) is 0 Å². The standard InChI is InChI=1S/C71H142N2O7S2/c1-5-9-13-17-21-25-29-33-37-41-45-49-53-65(74)61-72(62-66(75)54-50-46-42-38-34-30-26-22-18-14-10-6-2)57-59-81-70(79)69(78)71(80)82-60-58-73(63-67(76)55-51-47-43-39-35-31-27-23-19-15-11-7-3)64-68(77)56-52-48-44-40-36-32-28-24-20-16-12-8-4/h65-69,74-78H,5-64H2,1-4H3. The molecule has 0 aromatic carbocycles. The number of unbranched alkanes of at least 4 members (excludes halogenated alkanes) is 44. The lowest BCUT2D eigenvalue weighted by atomic mass is 10.0. The van der Waals surface area contributed by atoms with Crippen LogP contribution in [0.1, 0.15) is 362 Å². The fourth-order valence-electron chi connectivity index (χ4n) is 11.8. The molecule has 0 aromatic rings. The van der Waals surface area contributed by atoms with E-state index < -0.39 is 40.8 Å². The summed E-state index contributed by atoms with van der Waals surface area (Å²) in [6.07, 6.45) is 60.1. The van der Waals surface area contributed by atoms with Crippen LogP contribution in [0.15, 0.2) is 0 Å². The number of carbonyl (C=O) groups is 2. The molecule has 9 nitrogen and oxygen atoms in total. The van der Waals surface area contributed by atoms with E-state index >= 15 is 0 Å². The summed E-state index contributed by atoms with van der Waals surface area (Å²) < 4.78 is 0. The molecule has 4 unspecified atom stereocenters. The van der Waals surface area contributed by atoms with Crippen LogP contribution < -0.4 is 0 Å². The topological polar surface area (TPSA) is 142 Å². The Morgan fingerprint density at radius 1 is 0.268 bits per heavy atom. The molecule has 0 fully saturated rings. The van der Waals surface area contributed by atoms with Crippen molar-refractivity contribution in [3.05, 3.63) is 0 Å². The fourth-order valence-corrected chi connectivity index (χ4v) is 13.5. The second-order valence-electron chi connectivity index (χ2n) is 25.6. The average molecular weight is 1200 g/mol. The highest BCUT2D eigenvalue weighted by molar-refractivity contribution is 8.16.